The Kier molecular flexibility index (Phi) is 5.29. The van der Waals surface area contributed by atoms with Crippen LogP contribution in [0.3, 0.4) is 0 Å². The standard InChI is InChI=1S/C11H19N5O2/c1-4-8(5-2)6-13-11-9(16(17)18)10(12-3)14-7-15-11/h7-8H,4-6H2,1-3H3,(H2,12,13,14,15). The number of aromatic nitrogens is 2. The zero-order chi connectivity index (χ0) is 13.5. The average molecular weight is 253 g/mol. The number of hydrogen-bond acceptors (Lipinski definition) is 6. The fourth-order valence-corrected chi connectivity index (χ4v) is 1.68. The molecule has 0 unspecified atom stereocenters. The largest absolute Gasteiger partial charge is 0.367 e. The summed E-state index contributed by atoms with van der Waals surface area (Å²) in [6.45, 7) is 4.88. The second-order valence-corrected chi connectivity index (χ2v) is 3.99. The van der Waals surface area contributed by atoms with Crippen molar-refractivity contribution in [1.82, 2.24) is 9.97 Å². The highest BCUT2D eigenvalue weighted by atomic mass is 16.6. The number of anilines is 2. The van der Waals surface area contributed by atoms with Gasteiger partial charge in [-0.15, -0.1) is 0 Å². The topological polar surface area (TPSA) is 93.0 Å². The molecule has 0 spiro atoms. The molecule has 1 aromatic heterocycles. The summed E-state index contributed by atoms with van der Waals surface area (Å²) in [7, 11) is 1.60. The first-order chi connectivity index (χ1) is 8.63. The lowest BCUT2D eigenvalue weighted by Gasteiger charge is -2.14. The number of hydrogen-bond donors (Lipinski definition) is 2. The molecule has 0 aliphatic heterocycles. The molecule has 18 heavy (non-hydrogen) atoms. The maximum Gasteiger partial charge on any atom is 0.353 e. The van der Waals surface area contributed by atoms with Gasteiger partial charge in [-0.25, -0.2) is 9.97 Å². The van der Waals surface area contributed by atoms with Crippen LogP contribution in [0.25, 0.3) is 0 Å². The van der Waals surface area contributed by atoms with Crippen molar-refractivity contribution in [1.29, 1.82) is 0 Å². The first-order valence-corrected chi connectivity index (χ1v) is 6.04. The number of nitro groups is 1. The molecule has 100 valence electrons. The Hall–Kier alpha value is -1.92. The Labute approximate surface area is 106 Å². The molecule has 0 aliphatic rings. The van der Waals surface area contributed by atoms with Crippen LogP contribution >= 0.6 is 0 Å². The molecule has 7 nitrogen and oxygen atoms in total. The maximum absolute atomic E-state index is 11.0. The van der Waals surface area contributed by atoms with Gasteiger partial charge in [0.1, 0.15) is 6.33 Å². The van der Waals surface area contributed by atoms with E-state index >= 15 is 0 Å². The SMILES string of the molecule is CCC(CC)CNc1ncnc(NC)c1[N+](=O)[O-]. The molecule has 0 amide bonds. The average Bonchev–Trinajstić information content (AvgIpc) is 2.39. The molecule has 0 fully saturated rings. The van der Waals surface area contributed by atoms with E-state index in [2.05, 4.69) is 34.4 Å². The summed E-state index contributed by atoms with van der Waals surface area (Å²) in [6, 6.07) is 0. The highest BCUT2D eigenvalue weighted by Crippen LogP contribution is 2.28. The smallest absolute Gasteiger partial charge is 0.353 e. The summed E-state index contributed by atoms with van der Waals surface area (Å²) >= 11 is 0. The van der Waals surface area contributed by atoms with E-state index < -0.39 is 4.92 Å². The van der Waals surface area contributed by atoms with Gasteiger partial charge in [0.2, 0.25) is 11.6 Å². The number of rotatable bonds is 7. The molecule has 0 aromatic carbocycles. The lowest BCUT2D eigenvalue weighted by Crippen LogP contribution is -2.15. The van der Waals surface area contributed by atoms with Gasteiger partial charge in [-0.05, 0) is 5.92 Å². The summed E-state index contributed by atoms with van der Waals surface area (Å²) in [5.41, 5.74) is -0.106. The van der Waals surface area contributed by atoms with Crippen LogP contribution in [0.2, 0.25) is 0 Å². The van der Waals surface area contributed by atoms with Crippen molar-refractivity contribution in [2.24, 2.45) is 5.92 Å². The minimum atomic E-state index is -0.471. The number of nitrogens with one attached hydrogen (secondary N) is 2. The molecule has 0 radical (unpaired) electrons. The van der Waals surface area contributed by atoms with E-state index in [9.17, 15) is 10.1 Å². The Morgan fingerprint density at radius 2 is 1.94 bits per heavy atom. The van der Waals surface area contributed by atoms with Crippen LogP contribution in [0.4, 0.5) is 17.3 Å². The van der Waals surface area contributed by atoms with Gasteiger partial charge in [0.15, 0.2) is 0 Å². The molecule has 0 saturated carbocycles. The minimum Gasteiger partial charge on any atom is -0.367 e. The quantitative estimate of drug-likeness (QED) is 0.572. The normalized spacial score (nSPS) is 10.4. The lowest BCUT2D eigenvalue weighted by molar-refractivity contribution is -0.383. The van der Waals surface area contributed by atoms with Crippen molar-refractivity contribution in [3.05, 3.63) is 16.4 Å². The predicted octanol–water partition coefficient (Wildman–Crippen LogP) is 2.27. The molecule has 1 aromatic rings. The van der Waals surface area contributed by atoms with Crippen molar-refractivity contribution in [3.63, 3.8) is 0 Å². The van der Waals surface area contributed by atoms with E-state index in [0.29, 0.717) is 12.5 Å². The summed E-state index contributed by atoms with van der Waals surface area (Å²) in [5, 5.41) is 16.8. The molecule has 2 N–H and O–H groups in total. The fraction of sp³-hybridized carbons (Fsp3) is 0.636. The van der Waals surface area contributed by atoms with Gasteiger partial charge in [0.25, 0.3) is 0 Å². The van der Waals surface area contributed by atoms with Gasteiger partial charge < -0.3 is 10.6 Å². The van der Waals surface area contributed by atoms with Gasteiger partial charge in [-0.2, -0.15) is 0 Å². The maximum atomic E-state index is 11.0. The second kappa shape index (κ2) is 6.73. The molecule has 1 heterocycles. The first-order valence-electron chi connectivity index (χ1n) is 6.04. The van der Waals surface area contributed by atoms with Gasteiger partial charge in [0.05, 0.1) is 4.92 Å². The van der Waals surface area contributed by atoms with Crippen LogP contribution in [0.15, 0.2) is 6.33 Å². The fourth-order valence-electron chi connectivity index (χ4n) is 1.68. The molecule has 0 atom stereocenters. The molecular formula is C11H19N5O2. The molecule has 0 bridgehead atoms. The van der Waals surface area contributed by atoms with Crippen molar-refractivity contribution in [2.45, 2.75) is 26.7 Å². The van der Waals surface area contributed by atoms with Crippen LogP contribution in [-0.4, -0.2) is 28.5 Å². The second-order valence-electron chi connectivity index (χ2n) is 3.99. The lowest BCUT2D eigenvalue weighted by atomic mass is 10.0. The third-order valence-corrected chi connectivity index (χ3v) is 2.95. The van der Waals surface area contributed by atoms with Crippen LogP contribution in [-0.2, 0) is 0 Å². The predicted molar refractivity (Wildman–Crippen MR) is 70.8 cm³/mol. The van der Waals surface area contributed by atoms with Crippen LogP contribution < -0.4 is 10.6 Å². The molecule has 7 heteroatoms. The van der Waals surface area contributed by atoms with Gasteiger partial charge in [-0.1, -0.05) is 26.7 Å². The Morgan fingerprint density at radius 1 is 1.33 bits per heavy atom. The monoisotopic (exact) mass is 253 g/mol. The van der Waals surface area contributed by atoms with Gasteiger partial charge in [-0.3, -0.25) is 10.1 Å². The van der Waals surface area contributed by atoms with Crippen LogP contribution in [0.5, 0.6) is 0 Å². The van der Waals surface area contributed by atoms with E-state index in [4.69, 9.17) is 0 Å². The molecular weight excluding hydrogens is 234 g/mol. The van der Waals surface area contributed by atoms with Crippen LogP contribution in [0.1, 0.15) is 26.7 Å². The van der Waals surface area contributed by atoms with E-state index in [-0.39, 0.29) is 17.3 Å². The molecule has 0 saturated heterocycles. The van der Waals surface area contributed by atoms with Crippen LogP contribution in [0, 0.1) is 16.0 Å². The zero-order valence-electron chi connectivity index (χ0n) is 10.9. The Morgan fingerprint density at radius 3 is 2.44 bits per heavy atom. The summed E-state index contributed by atoms with van der Waals surface area (Å²) in [5.74, 6) is 0.978. The minimum absolute atomic E-state index is 0.106. The zero-order valence-corrected chi connectivity index (χ0v) is 10.9. The van der Waals surface area contributed by atoms with Crippen molar-refractivity contribution in [3.8, 4) is 0 Å². The summed E-state index contributed by atoms with van der Waals surface area (Å²) in [6.07, 6.45) is 3.37. The van der Waals surface area contributed by atoms with Gasteiger partial charge >= 0.3 is 5.69 Å². The third kappa shape index (κ3) is 3.28. The third-order valence-electron chi connectivity index (χ3n) is 2.95. The summed E-state index contributed by atoms with van der Waals surface area (Å²) < 4.78 is 0. The molecule has 0 aliphatic carbocycles. The van der Waals surface area contributed by atoms with Crippen molar-refractivity contribution >= 4 is 17.3 Å². The first kappa shape index (κ1) is 14.1. The van der Waals surface area contributed by atoms with E-state index in [1.54, 1.807) is 7.05 Å². The molecule has 1 rings (SSSR count). The van der Waals surface area contributed by atoms with Crippen molar-refractivity contribution in [2.75, 3.05) is 24.2 Å². The van der Waals surface area contributed by atoms with E-state index in [0.717, 1.165) is 12.8 Å². The van der Waals surface area contributed by atoms with E-state index in [1.165, 1.54) is 6.33 Å². The van der Waals surface area contributed by atoms with Gasteiger partial charge in [0, 0.05) is 13.6 Å². The highest BCUT2D eigenvalue weighted by molar-refractivity contribution is 5.68. The Bertz CT molecular complexity index is 406. The highest BCUT2D eigenvalue weighted by Gasteiger charge is 2.22. The van der Waals surface area contributed by atoms with Crippen molar-refractivity contribution < 1.29 is 4.92 Å². The Balaban J connectivity index is 2.91. The summed E-state index contributed by atoms with van der Waals surface area (Å²) in [4.78, 5) is 18.3. The number of nitrogens with zero attached hydrogens (tertiary/aromatic N) is 3. The van der Waals surface area contributed by atoms with E-state index in [1.807, 2.05) is 0 Å².